The Bertz CT molecular complexity index is 834. The first-order valence-electron chi connectivity index (χ1n) is 6.79. The lowest BCUT2D eigenvalue weighted by molar-refractivity contribution is 0.416. The maximum atomic E-state index is 5.40. The fourth-order valence-electron chi connectivity index (χ4n) is 2.19. The van der Waals surface area contributed by atoms with Gasteiger partial charge in [-0.15, -0.1) is 11.3 Å². The highest BCUT2D eigenvalue weighted by atomic mass is 32.1. The van der Waals surface area contributed by atoms with Gasteiger partial charge in [-0.1, -0.05) is 12.1 Å². The van der Waals surface area contributed by atoms with Crippen molar-refractivity contribution in [3.05, 3.63) is 50.9 Å². The van der Waals surface area contributed by atoms with Crippen molar-refractivity contribution in [2.24, 2.45) is 0 Å². The summed E-state index contributed by atoms with van der Waals surface area (Å²) in [5.74, 6) is 1.46. The zero-order valence-electron chi connectivity index (χ0n) is 12.3. The maximum Gasteiger partial charge on any atom is 0.214 e. The van der Waals surface area contributed by atoms with Crippen molar-refractivity contribution in [1.29, 1.82) is 0 Å². The summed E-state index contributed by atoms with van der Waals surface area (Å²) in [7, 11) is 1.65. The second-order valence-corrected chi connectivity index (χ2v) is 6.49. The molecule has 3 rings (SSSR count). The van der Waals surface area contributed by atoms with Gasteiger partial charge in [-0.3, -0.25) is 0 Å². The minimum atomic E-state index is 0.522. The number of para-hydroxylation sites is 1. The highest BCUT2D eigenvalue weighted by Gasteiger charge is 2.13. The number of nitrogens with one attached hydrogen (secondary N) is 2. The number of hydrogen-bond acceptors (Lipinski definition) is 5. The summed E-state index contributed by atoms with van der Waals surface area (Å²) in [6.07, 6.45) is 0. The highest BCUT2D eigenvalue weighted by molar-refractivity contribution is 7.71. The third kappa shape index (κ3) is 2.90. The van der Waals surface area contributed by atoms with Crippen LogP contribution < -0.4 is 10.2 Å². The minimum absolute atomic E-state index is 0.522. The van der Waals surface area contributed by atoms with E-state index in [-0.39, 0.29) is 0 Å². The second kappa shape index (κ2) is 6.33. The molecule has 3 aromatic rings. The van der Waals surface area contributed by atoms with Crippen LogP contribution in [0.5, 0.6) is 5.75 Å². The van der Waals surface area contributed by atoms with E-state index in [1.807, 2.05) is 24.3 Å². The largest absolute Gasteiger partial charge is 0.496 e. The third-order valence-electron chi connectivity index (χ3n) is 3.23. The molecule has 2 N–H and O–H groups in total. The normalized spacial score (nSPS) is 10.6. The lowest BCUT2D eigenvalue weighted by atomic mass is 10.2. The number of benzene rings is 1. The molecule has 0 spiro atoms. The second-order valence-electron chi connectivity index (χ2n) is 4.74. The van der Waals surface area contributed by atoms with Crippen LogP contribution in [0.4, 0.5) is 0 Å². The molecule has 0 radical (unpaired) electrons. The molecule has 0 aliphatic rings. The van der Waals surface area contributed by atoms with E-state index in [0.717, 1.165) is 11.3 Å². The van der Waals surface area contributed by atoms with Crippen molar-refractivity contribution in [2.75, 3.05) is 12.5 Å². The average Bonchev–Trinajstić information content (AvgIpc) is 3.11. The van der Waals surface area contributed by atoms with Crippen molar-refractivity contribution in [3.8, 4) is 17.1 Å². The van der Waals surface area contributed by atoms with Crippen LogP contribution >= 0.6 is 23.6 Å². The molecule has 2 aromatic heterocycles. The molecule has 0 aliphatic carbocycles. The summed E-state index contributed by atoms with van der Waals surface area (Å²) in [5.41, 5.74) is 4.20. The van der Waals surface area contributed by atoms with Crippen molar-refractivity contribution >= 4 is 23.6 Å². The smallest absolute Gasteiger partial charge is 0.214 e. The van der Waals surface area contributed by atoms with Crippen LogP contribution in [-0.4, -0.2) is 22.0 Å². The summed E-state index contributed by atoms with van der Waals surface area (Å²) in [5, 5.41) is 7.15. The molecule has 7 heteroatoms. The van der Waals surface area contributed by atoms with Crippen LogP contribution in [0.25, 0.3) is 11.4 Å². The molecule has 0 saturated heterocycles. The maximum absolute atomic E-state index is 5.40. The molecular weight excluding hydrogens is 316 g/mol. The number of aromatic nitrogens is 3. The number of aryl methyl sites for hydroxylation is 1. The molecule has 114 valence electrons. The van der Waals surface area contributed by atoms with Crippen LogP contribution in [0.2, 0.25) is 0 Å². The first kappa shape index (κ1) is 14.8. The van der Waals surface area contributed by atoms with Crippen LogP contribution in [-0.2, 0) is 6.54 Å². The molecule has 2 heterocycles. The Balaban J connectivity index is 1.92. The van der Waals surface area contributed by atoms with Gasteiger partial charge in [0.1, 0.15) is 5.75 Å². The number of H-pyrrole nitrogens is 1. The fourth-order valence-corrected chi connectivity index (χ4v) is 3.21. The molecule has 0 amide bonds. The van der Waals surface area contributed by atoms with E-state index < -0.39 is 0 Å². The van der Waals surface area contributed by atoms with Crippen LogP contribution in [0, 0.1) is 11.7 Å². The minimum Gasteiger partial charge on any atom is -0.496 e. The Labute approximate surface area is 137 Å². The van der Waals surface area contributed by atoms with Crippen molar-refractivity contribution in [3.63, 3.8) is 0 Å². The van der Waals surface area contributed by atoms with E-state index in [2.05, 4.69) is 34.7 Å². The summed E-state index contributed by atoms with van der Waals surface area (Å²) in [4.78, 5) is 2.53. The Morgan fingerprint density at radius 1 is 1.32 bits per heavy atom. The van der Waals surface area contributed by atoms with E-state index in [1.54, 1.807) is 23.1 Å². The van der Waals surface area contributed by atoms with E-state index in [1.165, 1.54) is 9.75 Å². The van der Waals surface area contributed by atoms with Gasteiger partial charge in [0.05, 0.1) is 19.2 Å². The van der Waals surface area contributed by atoms with Gasteiger partial charge in [-0.2, -0.15) is 5.10 Å². The van der Waals surface area contributed by atoms with Gasteiger partial charge < -0.3 is 10.2 Å². The number of ether oxygens (including phenoxy) is 1. The number of aromatic amines is 1. The predicted octanol–water partition coefficient (Wildman–Crippen LogP) is 3.73. The predicted molar refractivity (Wildman–Crippen MR) is 91.5 cm³/mol. The van der Waals surface area contributed by atoms with Crippen molar-refractivity contribution < 1.29 is 4.74 Å². The average molecular weight is 332 g/mol. The lowest BCUT2D eigenvalue weighted by Gasteiger charge is -2.11. The fraction of sp³-hybridized carbons (Fsp3) is 0.200. The zero-order chi connectivity index (χ0) is 15.5. The molecule has 0 bridgehead atoms. The summed E-state index contributed by atoms with van der Waals surface area (Å²) in [6.45, 7) is 2.78. The molecule has 0 aliphatic heterocycles. The highest BCUT2D eigenvalue weighted by Crippen LogP contribution is 2.27. The summed E-state index contributed by atoms with van der Waals surface area (Å²) < 4.78 is 7.71. The van der Waals surface area contributed by atoms with E-state index in [9.17, 15) is 0 Å². The Morgan fingerprint density at radius 3 is 2.86 bits per heavy atom. The van der Waals surface area contributed by atoms with E-state index in [0.29, 0.717) is 17.1 Å². The van der Waals surface area contributed by atoms with Gasteiger partial charge in [0, 0.05) is 9.75 Å². The molecule has 5 nitrogen and oxygen atoms in total. The summed E-state index contributed by atoms with van der Waals surface area (Å²) in [6, 6.07) is 12.0. The first-order valence-corrected chi connectivity index (χ1v) is 8.01. The van der Waals surface area contributed by atoms with Crippen molar-refractivity contribution in [2.45, 2.75) is 13.5 Å². The Morgan fingerprint density at radius 2 is 2.14 bits per heavy atom. The summed E-state index contributed by atoms with van der Waals surface area (Å²) >= 11 is 7.08. The quantitative estimate of drug-likeness (QED) is 0.699. The van der Waals surface area contributed by atoms with Gasteiger partial charge in [0.25, 0.3) is 0 Å². The number of nitrogens with zero attached hydrogens (tertiary/aromatic N) is 2. The lowest BCUT2D eigenvalue weighted by Crippen LogP contribution is -2.15. The monoisotopic (exact) mass is 332 g/mol. The number of rotatable bonds is 5. The SMILES string of the molecule is COc1ccccc1-c1n[nH]c(=S)n1NCc1ccc(C)s1. The third-order valence-corrected chi connectivity index (χ3v) is 4.50. The van der Waals surface area contributed by atoms with E-state index >= 15 is 0 Å². The van der Waals surface area contributed by atoms with Gasteiger partial charge in [-0.25, -0.2) is 9.77 Å². The number of methoxy groups -OCH3 is 1. The topological polar surface area (TPSA) is 54.9 Å². The number of thiophene rings is 1. The van der Waals surface area contributed by atoms with Gasteiger partial charge in [0.2, 0.25) is 4.77 Å². The molecule has 0 unspecified atom stereocenters. The molecule has 22 heavy (non-hydrogen) atoms. The van der Waals surface area contributed by atoms with E-state index in [4.69, 9.17) is 17.0 Å². The molecular formula is C15H16N4OS2. The first-order chi connectivity index (χ1) is 10.7. The zero-order valence-corrected chi connectivity index (χ0v) is 13.9. The van der Waals surface area contributed by atoms with Crippen LogP contribution in [0.3, 0.4) is 0 Å². The number of hydrogen-bond donors (Lipinski definition) is 2. The Kier molecular flexibility index (Phi) is 4.26. The standard InChI is InChI=1S/C15H16N4OS2/c1-10-7-8-11(22-10)9-16-19-14(17-18-15(19)21)12-5-3-4-6-13(12)20-2/h3-8,16H,9H2,1-2H3,(H,18,21). The van der Waals surface area contributed by atoms with Crippen molar-refractivity contribution in [1.82, 2.24) is 14.9 Å². The molecule has 1 aromatic carbocycles. The molecule has 0 saturated carbocycles. The van der Waals surface area contributed by atoms with Gasteiger partial charge in [-0.05, 0) is 43.4 Å². The van der Waals surface area contributed by atoms with Gasteiger partial charge >= 0.3 is 0 Å². The van der Waals surface area contributed by atoms with Gasteiger partial charge in [0.15, 0.2) is 5.82 Å². The van der Waals surface area contributed by atoms with Crippen LogP contribution in [0.1, 0.15) is 9.75 Å². The molecule has 0 fully saturated rings. The Hall–Kier alpha value is -2.12. The van der Waals surface area contributed by atoms with Crippen LogP contribution in [0.15, 0.2) is 36.4 Å². The molecule has 0 atom stereocenters.